The van der Waals surface area contributed by atoms with Gasteiger partial charge in [-0.2, -0.15) is 18.4 Å². The highest BCUT2D eigenvalue weighted by molar-refractivity contribution is 5.94. The average Bonchev–Trinajstić information content (AvgIpc) is 3.45. The van der Waals surface area contributed by atoms with Crippen LogP contribution in [0.15, 0.2) is 36.4 Å². The van der Waals surface area contributed by atoms with E-state index in [0.29, 0.717) is 18.8 Å². The van der Waals surface area contributed by atoms with Crippen molar-refractivity contribution < 1.29 is 27.8 Å². The number of nitrogens with zero attached hydrogens (tertiary/aromatic N) is 3. The van der Waals surface area contributed by atoms with E-state index < -0.39 is 17.8 Å². The average molecular weight is 502 g/mol. The van der Waals surface area contributed by atoms with Gasteiger partial charge in [0.2, 0.25) is 0 Å². The smallest absolute Gasteiger partial charge is 0.416 e. The molecule has 6 nitrogen and oxygen atoms in total. The number of halogens is 3. The molecule has 2 aromatic rings. The Morgan fingerprint density at radius 2 is 1.83 bits per heavy atom. The first kappa shape index (κ1) is 26.0. The number of aliphatic hydroxyl groups excluding tert-OH is 1. The summed E-state index contributed by atoms with van der Waals surface area (Å²) >= 11 is 0. The second kappa shape index (κ2) is 10.1. The van der Waals surface area contributed by atoms with Crippen molar-refractivity contribution in [3.8, 4) is 11.8 Å². The quantitative estimate of drug-likeness (QED) is 0.599. The maximum Gasteiger partial charge on any atom is 0.416 e. The molecular formula is C27H30F3N3O3. The van der Waals surface area contributed by atoms with E-state index in [9.17, 15) is 23.1 Å². The van der Waals surface area contributed by atoms with Gasteiger partial charge in [-0.15, -0.1) is 0 Å². The van der Waals surface area contributed by atoms with Gasteiger partial charge >= 0.3 is 6.18 Å². The van der Waals surface area contributed by atoms with Crippen LogP contribution in [0.4, 0.5) is 13.2 Å². The van der Waals surface area contributed by atoms with Gasteiger partial charge in [-0.05, 0) is 74.2 Å². The van der Waals surface area contributed by atoms with Gasteiger partial charge in [0.05, 0.1) is 18.1 Å². The predicted octanol–water partition coefficient (Wildman–Crippen LogP) is 4.64. The first-order valence-corrected chi connectivity index (χ1v) is 12.0. The van der Waals surface area contributed by atoms with E-state index in [1.165, 1.54) is 12.1 Å². The molecule has 2 aliphatic rings. The van der Waals surface area contributed by atoms with Crippen LogP contribution in [0.1, 0.15) is 58.4 Å². The summed E-state index contributed by atoms with van der Waals surface area (Å²) < 4.78 is 44.3. The fourth-order valence-corrected chi connectivity index (χ4v) is 5.34. The molecule has 0 saturated carbocycles. The van der Waals surface area contributed by atoms with E-state index in [2.05, 4.69) is 11.8 Å². The summed E-state index contributed by atoms with van der Waals surface area (Å²) in [5, 5.41) is 18.5. The van der Waals surface area contributed by atoms with Crippen molar-refractivity contribution in [3.63, 3.8) is 0 Å². The molecule has 0 spiro atoms. The second-order valence-corrected chi connectivity index (χ2v) is 9.68. The van der Waals surface area contributed by atoms with Crippen LogP contribution in [0.5, 0.6) is 5.75 Å². The Balaban J connectivity index is 1.41. The molecule has 1 N–H and O–H groups in total. The summed E-state index contributed by atoms with van der Waals surface area (Å²) in [5.74, 6) is 0.451. The Morgan fingerprint density at radius 1 is 1.14 bits per heavy atom. The maximum absolute atomic E-state index is 13.0. The van der Waals surface area contributed by atoms with Crippen LogP contribution < -0.4 is 4.74 Å². The molecule has 2 saturated heterocycles. The SMILES string of the molecule is Cc1c(OC[C@H](O)CC#N)ccc([C@H](C)N2C[C@@H]3C[C@H]2CN3C(=O)c2ccc(C(F)(F)F)cc2)c1C. The van der Waals surface area contributed by atoms with Crippen LogP contribution in [0.25, 0.3) is 0 Å². The molecule has 2 fully saturated rings. The molecule has 2 aromatic carbocycles. The van der Waals surface area contributed by atoms with Crippen LogP contribution in [0.2, 0.25) is 0 Å². The second-order valence-electron chi connectivity index (χ2n) is 9.68. The van der Waals surface area contributed by atoms with Gasteiger partial charge in [0.25, 0.3) is 5.91 Å². The number of piperazine rings is 1. The molecule has 2 heterocycles. The molecule has 192 valence electrons. The van der Waals surface area contributed by atoms with Crippen molar-refractivity contribution in [3.05, 3.63) is 64.2 Å². The van der Waals surface area contributed by atoms with E-state index >= 15 is 0 Å². The highest BCUT2D eigenvalue weighted by Crippen LogP contribution is 2.40. The van der Waals surface area contributed by atoms with Gasteiger partial charge in [-0.3, -0.25) is 9.69 Å². The minimum atomic E-state index is -4.43. The summed E-state index contributed by atoms with van der Waals surface area (Å²) in [6.45, 7) is 7.45. The van der Waals surface area contributed by atoms with Crippen molar-refractivity contribution in [2.75, 3.05) is 19.7 Å². The minimum Gasteiger partial charge on any atom is -0.491 e. The Kier molecular flexibility index (Phi) is 7.30. The molecule has 0 unspecified atom stereocenters. The minimum absolute atomic E-state index is 0.0169. The van der Waals surface area contributed by atoms with Gasteiger partial charge in [0.1, 0.15) is 18.5 Å². The Morgan fingerprint density at radius 3 is 2.42 bits per heavy atom. The zero-order valence-electron chi connectivity index (χ0n) is 20.5. The number of hydrogen-bond donors (Lipinski definition) is 1. The number of likely N-dealkylation sites (tertiary alicyclic amines) is 2. The predicted molar refractivity (Wildman–Crippen MR) is 127 cm³/mol. The third-order valence-electron chi connectivity index (χ3n) is 7.49. The van der Waals surface area contributed by atoms with Crippen molar-refractivity contribution >= 4 is 5.91 Å². The van der Waals surface area contributed by atoms with Crippen LogP contribution in [0.3, 0.4) is 0 Å². The lowest BCUT2D eigenvalue weighted by Crippen LogP contribution is -2.49. The Hall–Kier alpha value is -3.09. The molecule has 2 aliphatic heterocycles. The van der Waals surface area contributed by atoms with E-state index in [-0.39, 0.29) is 42.6 Å². The molecule has 1 amide bonds. The monoisotopic (exact) mass is 501 g/mol. The molecule has 0 aromatic heterocycles. The Labute approximate surface area is 208 Å². The lowest BCUT2D eigenvalue weighted by molar-refractivity contribution is -0.137. The first-order valence-electron chi connectivity index (χ1n) is 12.0. The number of hydrogen-bond acceptors (Lipinski definition) is 5. The molecule has 0 aliphatic carbocycles. The summed E-state index contributed by atoms with van der Waals surface area (Å²) in [4.78, 5) is 17.2. The molecule has 9 heteroatoms. The van der Waals surface area contributed by atoms with Crippen LogP contribution >= 0.6 is 0 Å². The molecule has 36 heavy (non-hydrogen) atoms. The topological polar surface area (TPSA) is 76.8 Å². The lowest BCUT2D eigenvalue weighted by atomic mass is 9.96. The summed E-state index contributed by atoms with van der Waals surface area (Å²) in [6, 6.07) is 10.6. The number of benzene rings is 2. The number of rotatable bonds is 7. The zero-order valence-corrected chi connectivity index (χ0v) is 20.5. The zero-order chi connectivity index (χ0) is 26.2. The van der Waals surface area contributed by atoms with Gasteiger partial charge in [-0.1, -0.05) is 6.07 Å². The summed E-state index contributed by atoms with van der Waals surface area (Å²) in [5.41, 5.74) is 2.74. The highest BCUT2D eigenvalue weighted by Gasteiger charge is 2.47. The van der Waals surface area contributed by atoms with Crippen molar-refractivity contribution in [1.82, 2.24) is 9.80 Å². The van der Waals surface area contributed by atoms with Gasteiger partial charge in [0, 0.05) is 36.8 Å². The highest BCUT2D eigenvalue weighted by atomic mass is 19.4. The van der Waals surface area contributed by atoms with Crippen molar-refractivity contribution in [1.29, 1.82) is 5.26 Å². The van der Waals surface area contributed by atoms with Gasteiger partial charge < -0.3 is 14.7 Å². The third-order valence-corrected chi connectivity index (χ3v) is 7.49. The van der Waals surface area contributed by atoms with E-state index in [4.69, 9.17) is 10.00 Å². The van der Waals surface area contributed by atoms with Crippen molar-refractivity contribution in [2.24, 2.45) is 0 Å². The number of nitriles is 1. The largest absolute Gasteiger partial charge is 0.491 e. The van der Waals surface area contributed by atoms with Crippen molar-refractivity contribution in [2.45, 2.75) is 64.0 Å². The lowest BCUT2D eigenvalue weighted by Gasteiger charge is -2.38. The number of carbonyl (C=O) groups excluding carboxylic acids is 1. The van der Waals surface area contributed by atoms with Gasteiger partial charge in [-0.25, -0.2) is 0 Å². The molecular weight excluding hydrogens is 471 g/mol. The van der Waals surface area contributed by atoms with E-state index in [0.717, 1.165) is 35.2 Å². The number of carbonyl (C=O) groups is 1. The van der Waals surface area contributed by atoms with Crippen LogP contribution in [-0.4, -0.2) is 58.7 Å². The normalized spacial score (nSPS) is 21.3. The van der Waals surface area contributed by atoms with E-state index in [1.807, 2.05) is 32.0 Å². The van der Waals surface area contributed by atoms with Crippen LogP contribution in [0, 0.1) is 25.2 Å². The number of amides is 1. The number of ether oxygens (including phenoxy) is 1. The molecule has 0 radical (unpaired) electrons. The summed E-state index contributed by atoms with van der Waals surface area (Å²) in [6.07, 6.45) is -4.40. The number of fused-ring (bicyclic) bond motifs is 2. The van der Waals surface area contributed by atoms with E-state index in [1.54, 1.807) is 4.90 Å². The molecule has 4 atom stereocenters. The van der Waals surface area contributed by atoms with Crippen LogP contribution in [-0.2, 0) is 6.18 Å². The first-order chi connectivity index (χ1) is 17.0. The Bertz CT molecular complexity index is 1160. The molecule has 4 rings (SSSR count). The fraction of sp³-hybridized carbons (Fsp3) is 0.481. The fourth-order valence-electron chi connectivity index (χ4n) is 5.34. The maximum atomic E-state index is 13.0. The standard InChI is InChI=1S/C27H30F3N3O3/c1-16-17(2)25(36-15-23(34)10-11-31)9-8-24(16)18(3)32-13-22-12-21(32)14-33(22)26(35)19-4-6-20(7-5-19)27(28,29)30/h4-9,18,21-23,34H,10,12-15H2,1-3H3/t18-,21-,22-,23+/m0/s1. The number of alkyl halides is 3. The third kappa shape index (κ3) is 5.06. The molecule has 2 bridgehead atoms. The van der Waals surface area contributed by atoms with Gasteiger partial charge in [0.15, 0.2) is 0 Å². The summed E-state index contributed by atoms with van der Waals surface area (Å²) in [7, 11) is 0. The number of aliphatic hydroxyl groups is 1.